The first-order valence-electron chi connectivity index (χ1n) is 7.55. The van der Waals surface area contributed by atoms with E-state index in [-0.39, 0.29) is 11.6 Å². The molecule has 1 aliphatic rings. The van der Waals surface area contributed by atoms with Crippen LogP contribution in [-0.4, -0.2) is 43.2 Å². The summed E-state index contributed by atoms with van der Waals surface area (Å²) < 4.78 is 1.53. The van der Waals surface area contributed by atoms with Gasteiger partial charge in [-0.15, -0.1) is 0 Å². The van der Waals surface area contributed by atoms with E-state index >= 15 is 0 Å². The van der Waals surface area contributed by atoms with E-state index in [1.807, 2.05) is 26.0 Å². The first-order chi connectivity index (χ1) is 11.0. The Labute approximate surface area is 133 Å². The Morgan fingerprint density at radius 3 is 2.83 bits per heavy atom. The molecule has 0 bridgehead atoms. The number of nitrogens with zero attached hydrogens (tertiary/aromatic N) is 4. The fourth-order valence-corrected chi connectivity index (χ4v) is 2.91. The highest BCUT2D eigenvalue weighted by Gasteiger charge is 2.32. The minimum Gasteiger partial charge on any atom is -0.476 e. The third-order valence-corrected chi connectivity index (χ3v) is 4.16. The average molecular weight is 314 g/mol. The number of aryl methyl sites for hydroxylation is 1. The van der Waals surface area contributed by atoms with Gasteiger partial charge in [0.15, 0.2) is 5.69 Å². The van der Waals surface area contributed by atoms with E-state index in [1.54, 1.807) is 11.1 Å². The van der Waals surface area contributed by atoms with Crippen molar-refractivity contribution in [1.29, 1.82) is 0 Å². The molecule has 3 heterocycles. The fraction of sp³-hybridized carbons (Fsp3) is 0.375. The Morgan fingerprint density at radius 2 is 2.17 bits per heavy atom. The number of rotatable bonds is 4. The second kappa shape index (κ2) is 5.83. The molecule has 1 aliphatic heterocycles. The van der Waals surface area contributed by atoms with E-state index in [1.165, 1.54) is 4.68 Å². The van der Waals surface area contributed by atoms with Crippen LogP contribution in [0.1, 0.15) is 44.7 Å². The maximum Gasteiger partial charge on any atom is 0.356 e. The van der Waals surface area contributed by atoms with Gasteiger partial charge in [-0.25, -0.2) is 4.79 Å². The minimum atomic E-state index is -1.09. The fourth-order valence-electron chi connectivity index (χ4n) is 2.91. The first-order valence-corrected chi connectivity index (χ1v) is 7.55. The Kier molecular flexibility index (Phi) is 3.85. The van der Waals surface area contributed by atoms with Crippen molar-refractivity contribution in [3.05, 3.63) is 46.5 Å². The summed E-state index contributed by atoms with van der Waals surface area (Å²) in [7, 11) is 0. The van der Waals surface area contributed by atoms with Crippen LogP contribution in [0, 0.1) is 6.92 Å². The van der Waals surface area contributed by atoms with Crippen LogP contribution in [0.15, 0.2) is 18.3 Å². The smallest absolute Gasteiger partial charge is 0.356 e. The molecule has 120 valence electrons. The number of carbonyl (C=O) groups excluding carboxylic acids is 1. The molecule has 0 unspecified atom stereocenters. The second-order valence-corrected chi connectivity index (χ2v) is 5.53. The van der Waals surface area contributed by atoms with Gasteiger partial charge in [0.05, 0.1) is 6.54 Å². The normalized spacial score (nSPS) is 14.0. The van der Waals surface area contributed by atoms with Crippen molar-refractivity contribution in [2.24, 2.45) is 0 Å². The molecule has 7 heteroatoms. The van der Waals surface area contributed by atoms with Gasteiger partial charge >= 0.3 is 5.97 Å². The summed E-state index contributed by atoms with van der Waals surface area (Å²) >= 11 is 0. The van der Waals surface area contributed by atoms with Gasteiger partial charge in [-0.1, -0.05) is 13.0 Å². The number of carboxylic acid groups (broad SMARTS) is 1. The Morgan fingerprint density at radius 1 is 1.39 bits per heavy atom. The van der Waals surface area contributed by atoms with Crippen LogP contribution in [0.4, 0.5) is 0 Å². The maximum atomic E-state index is 12.8. The zero-order chi connectivity index (χ0) is 16.6. The van der Waals surface area contributed by atoms with Gasteiger partial charge < -0.3 is 10.0 Å². The van der Waals surface area contributed by atoms with Gasteiger partial charge in [-0.05, 0) is 25.0 Å². The number of amides is 1. The number of pyridine rings is 1. The number of aromatic nitrogens is 3. The van der Waals surface area contributed by atoms with Crippen LogP contribution in [0.5, 0.6) is 0 Å². The lowest BCUT2D eigenvalue weighted by Gasteiger charge is -2.28. The Hall–Kier alpha value is -2.70. The van der Waals surface area contributed by atoms with Gasteiger partial charge in [0.1, 0.15) is 5.69 Å². The highest BCUT2D eigenvalue weighted by Crippen LogP contribution is 2.22. The van der Waals surface area contributed by atoms with Crippen LogP contribution in [0.25, 0.3) is 0 Å². The van der Waals surface area contributed by atoms with Crippen LogP contribution in [0.3, 0.4) is 0 Å². The quantitative estimate of drug-likeness (QED) is 0.924. The first kappa shape index (κ1) is 15.2. The van der Waals surface area contributed by atoms with Crippen LogP contribution < -0.4 is 0 Å². The number of carbonyl (C=O) groups is 2. The monoisotopic (exact) mass is 314 g/mol. The summed E-state index contributed by atoms with van der Waals surface area (Å²) in [6.07, 6.45) is 2.18. The van der Waals surface area contributed by atoms with Crippen molar-refractivity contribution >= 4 is 11.9 Å². The molecule has 1 N–H and O–H groups in total. The van der Waals surface area contributed by atoms with Crippen LogP contribution in [0.2, 0.25) is 0 Å². The predicted octanol–water partition coefficient (Wildman–Crippen LogP) is 1.50. The largest absolute Gasteiger partial charge is 0.476 e. The molecule has 7 nitrogen and oxygen atoms in total. The van der Waals surface area contributed by atoms with E-state index in [4.69, 9.17) is 0 Å². The van der Waals surface area contributed by atoms with Gasteiger partial charge in [0.25, 0.3) is 5.91 Å². The summed E-state index contributed by atoms with van der Waals surface area (Å²) in [4.78, 5) is 30.1. The van der Waals surface area contributed by atoms with Crippen LogP contribution >= 0.6 is 0 Å². The third kappa shape index (κ3) is 2.58. The molecule has 0 atom stereocenters. The van der Waals surface area contributed by atoms with Gasteiger partial charge in [-0.2, -0.15) is 5.10 Å². The number of carboxylic acids is 1. The lowest BCUT2D eigenvalue weighted by Crippen LogP contribution is -2.40. The molecule has 0 aliphatic carbocycles. The molecular formula is C16H18N4O3. The molecular weight excluding hydrogens is 296 g/mol. The third-order valence-electron chi connectivity index (χ3n) is 4.16. The Bertz CT molecular complexity index is 782. The van der Waals surface area contributed by atoms with Gasteiger partial charge in [0, 0.05) is 30.5 Å². The number of hydrogen-bond donors (Lipinski definition) is 1. The van der Waals surface area contributed by atoms with Crippen molar-refractivity contribution in [3.8, 4) is 0 Å². The van der Waals surface area contributed by atoms with E-state index in [0.29, 0.717) is 37.3 Å². The minimum absolute atomic E-state index is 0.0183. The molecule has 0 radical (unpaired) electrons. The number of hydrogen-bond acceptors (Lipinski definition) is 4. The summed E-state index contributed by atoms with van der Waals surface area (Å²) in [5.74, 6) is -1.26. The van der Waals surface area contributed by atoms with Crippen molar-refractivity contribution in [3.63, 3.8) is 0 Å². The molecule has 1 amide bonds. The topological polar surface area (TPSA) is 88.3 Å². The molecule has 2 aromatic rings. The van der Waals surface area contributed by atoms with Gasteiger partial charge in [-0.3, -0.25) is 14.5 Å². The highest BCUT2D eigenvalue weighted by molar-refractivity contribution is 5.98. The molecule has 0 saturated heterocycles. The van der Waals surface area contributed by atoms with Crippen molar-refractivity contribution in [2.45, 2.75) is 33.4 Å². The van der Waals surface area contributed by atoms with E-state index in [9.17, 15) is 14.7 Å². The zero-order valence-electron chi connectivity index (χ0n) is 13.1. The van der Waals surface area contributed by atoms with E-state index in [2.05, 4.69) is 10.1 Å². The van der Waals surface area contributed by atoms with Crippen molar-refractivity contribution < 1.29 is 14.7 Å². The SMILES string of the molecule is CCc1c(C(=O)O)nn2c1C(=O)N(Cc1cccnc1C)CC2. The molecule has 3 rings (SSSR count). The highest BCUT2D eigenvalue weighted by atomic mass is 16.4. The summed E-state index contributed by atoms with van der Waals surface area (Å²) in [6, 6.07) is 3.80. The van der Waals surface area contributed by atoms with Crippen molar-refractivity contribution in [2.75, 3.05) is 6.54 Å². The molecule has 0 aromatic carbocycles. The van der Waals surface area contributed by atoms with Crippen LogP contribution in [-0.2, 0) is 19.5 Å². The van der Waals surface area contributed by atoms with Crippen molar-refractivity contribution in [1.82, 2.24) is 19.7 Å². The summed E-state index contributed by atoms with van der Waals surface area (Å²) in [5.41, 5.74) is 2.77. The second-order valence-electron chi connectivity index (χ2n) is 5.53. The lowest BCUT2D eigenvalue weighted by atomic mass is 10.1. The number of fused-ring (bicyclic) bond motifs is 1. The molecule has 0 saturated carbocycles. The molecule has 23 heavy (non-hydrogen) atoms. The molecule has 0 fully saturated rings. The predicted molar refractivity (Wildman–Crippen MR) is 82.3 cm³/mol. The zero-order valence-corrected chi connectivity index (χ0v) is 13.1. The lowest BCUT2D eigenvalue weighted by molar-refractivity contribution is 0.0670. The van der Waals surface area contributed by atoms with E-state index in [0.717, 1.165) is 11.3 Å². The standard InChI is InChI=1S/C16H18N4O3/c1-3-12-13(16(22)23)18-20-8-7-19(15(21)14(12)20)9-11-5-4-6-17-10(11)2/h4-6H,3,7-9H2,1-2H3,(H,22,23). The molecule has 0 spiro atoms. The van der Waals surface area contributed by atoms with E-state index < -0.39 is 5.97 Å². The molecule has 2 aromatic heterocycles. The summed E-state index contributed by atoms with van der Waals surface area (Å²) in [6.45, 7) is 5.22. The summed E-state index contributed by atoms with van der Waals surface area (Å²) in [5, 5.41) is 13.3. The Balaban J connectivity index is 1.94. The van der Waals surface area contributed by atoms with Gasteiger partial charge in [0.2, 0.25) is 0 Å². The maximum absolute atomic E-state index is 12.8. The average Bonchev–Trinajstić information content (AvgIpc) is 2.91. The number of aromatic carboxylic acids is 1.